The van der Waals surface area contributed by atoms with Crippen molar-refractivity contribution in [2.45, 2.75) is 31.6 Å². The summed E-state index contributed by atoms with van der Waals surface area (Å²) in [6.07, 6.45) is -1.44. The lowest BCUT2D eigenvalue weighted by Gasteiger charge is -2.34. The molecule has 7 heteroatoms. The Bertz CT molecular complexity index is 889. The molecule has 0 unspecified atom stereocenters. The Morgan fingerprint density at radius 3 is 2.65 bits per heavy atom. The minimum atomic E-state index is -4.50. The van der Waals surface area contributed by atoms with Crippen molar-refractivity contribution in [2.24, 2.45) is 0 Å². The van der Waals surface area contributed by atoms with Crippen LogP contribution in [0.5, 0.6) is 0 Å². The average molecular weight is 360 g/mol. The topological polar surface area (TPSA) is 34.0 Å². The molecule has 0 amide bonds. The average Bonchev–Trinajstić information content (AvgIpc) is 3.03. The lowest BCUT2D eigenvalue weighted by Crippen LogP contribution is -2.37. The summed E-state index contributed by atoms with van der Waals surface area (Å²) in [4.78, 5) is 10.2. The summed E-state index contributed by atoms with van der Waals surface area (Å²) in [5.74, 6) is -0.849. The number of nitrogens with zero attached hydrogens (tertiary/aromatic N) is 4. The first-order valence-corrected chi connectivity index (χ1v) is 8.69. The molecular formula is C19H19F3N4. The van der Waals surface area contributed by atoms with Gasteiger partial charge in [-0.15, -0.1) is 0 Å². The van der Waals surface area contributed by atoms with Crippen LogP contribution in [0.25, 0.3) is 11.2 Å². The van der Waals surface area contributed by atoms with Crippen LogP contribution in [0.2, 0.25) is 0 Å². The standard InChI is InChI=1S/C19H19F3N4/c20-19(21,22)18-24-16-9-4-10-23-17(16)26(18)15-8-5-11-25(13-15)12-14-6-2-1-3-7-14/h1-4,6-7,9-10,15H,5,8,11-13H2/t15-/m1/s1. The van der Waals surface area contributed by atoms with Gasteiger partial charge in [-0.2, -0.15) is 13.2 Å². The monoisotopic (exact) mass is 360 g/mol. The number of pyridine rings is 1. The number of imidazole rings is 1. The van der Waals surface area contributed by atoms with Gasteiger partial charge >= 0.3 is 6.18 Å². The lowest BCUT2D eigenvalue weighted by atomic mass is 10.0. The first-order chi connectivity index (χ1) is 12.5. The zero-order valence-corrected chi connectivity index (χ0v) is 14.2. The number of halogens is 3. The largest absolute Gasteiger partial charge is 0.449 e. The maximum Gasteiger partial charge on any atom is 0.449 e. The van der Waals surface area contributed by atoms with Crippen molar-refractivity contribution in [3.63, 3.8) is 0 Å². The Hall–Kier alpha value is -2.41. The summed E-state index contributed by atoms with van der Waals surface area (Å²) in [5, 5.41) is 0. The van der Waals surface area contributed by atoms with Crippen LogP contribution in [0.1, 0.15) is 30.3 Å². The summed E-state index contributed by atoms with van der Waals surface area (Å²) in [5.41, 5.74) is 1.77. The second-order valence-corrected chi connectivity index (χ2v) is 6.67. The second-order valence-electron chi connectivity index (χ2n) is 6.67. The molecule has 4 nitrogen and oxygen atoms in total. The minimum Gasteiger partial charge on any atom is -0.301 e. The van der Waals surface area contributed by atoms with Gasteiger partial charge in [0.15, 0.2) is 5.65 Å². The van der Waals surface area contributed by atoms with Crippen LogP contribution >= 0.6 is 0 Å². The number of aromatic nitrogens is 3. The van der Waals surface area contributed by atoms with E-state index in [0.717, 1.165) is 25.1 Å². The van der Waals surface area contributed by atoms with Gasteiger partial charge in [-0.1, -0.05) is 30.3 Å². The predicted molar refractivity (Wildman–Crippen MR) is 92.5 cm³/mol. The van der Waals surface area contributed by atoms with E-state index in [2.05, 4.69) is 14.9 Å². The summed E-state index contributed by atoms with van der Waals surface area (Å²) >= 11 is 0. The Labute approximate surface area is 149 Å². The van der Waals surface area contributed by atoms with E-state index in [1.807, 2.05) is 30.3 Å². The van der Waals surface area contributed by atoms with Crippen LogP contribution in [-0.2, 0) is 12.7 Å². The molecule has 1 aliphatic rings. The van der Waals surface area contributed by atoms with Crippen LogP contribution < -0.4 is 0 Å². The molecule has 136 valence electrons. The van der Waals surface area contributed by atoms with Gasteiger partial charge in [-0.05, 0) is 37.1 Å². The second kappa shape index (κ2) is 6.72. The van der Waals surface area contributed by atoms with Crippen LogP contribution in [-0.4, -0.2) is 32.5 Å². The zero-order chi connectivity index (χ0) is 18.1. The molecular weight excluding hydrogens is 341 g/mol. The minimum absolute atomic E-state index is 0.288. The molecule has 0 bridgehead atoms. The predicted octanol–water partition coefficient (Wildman–Crippen LogP) is 4.29. The van der Waals surface area contributed by atoms with Crippen molar-refractivity contribution in [2.75, 3.05) is 13.1 Å². The molecule has 1 aromatic carbocycles. The molecule has 0 radical (unpaired) electrons. The van der Waals surface area contributed by atoms with E-state index >= 15 is 0 Å². The molecule has 0 N–H and O–H groups in total. The highest BCUT2D eigenvalue weighted by atomic mass is 19.4. The molecule has 1 aliphatic heterocycles. The summed E-state index contributed by atoms with van der Waals surface area (Å²) in [6, 6.07) is 12.9. The number of hydrogen-bond donors (Lipinski definition) is 0. The van der Waals surface area contributed by atoms with Crippen LogP contribution in [0, 0.1) is 0 Å². The van der Waals surface area contributed by atoms with Gasteiger partial charge in [-0.3, -0.25) is 4.90 Å². The van der Waals surface area contributed by atoms with Crippen molar-refractivity contribution < 1.29 is 13.2 Å². The van der Waals surface area contributed by atoms with Crippen molar-refractivity contribution in [1.82, 2.24) is 19.4 Å². The van der Waals surface area contributed by atoms with Crippen molar-refractivity contribution in [3.05, 3.63) is 60.0 Å². The molecule has 3 heterocycles. The highest BCUT2D eigenvalue weighted by molar-refractivity contribution is 5.71. The molecule has 0 saturated carbocycles. The third-order valence-electron chi connectivity index (χ3n) is 4.80. The third kappa shape index (κ3) is 3.31. The van der Waals surface area contributed by atoms with E-state index in [-0.39, 0.29) is 6.04 Å². The highest BCUT2D eigenvalue weighted by Crippen LogP contribution is 2.35. The normalized spacial score (nSPS) is 19.1. The van der Waals surface area contributed by atoms with Crippen molar-refractivity contribution >= 4 is 11.2 Å². The number of likely N-dealkylation sites (tertiary alicyclic amines) is 1. The Balaban J connectivity index is 1.66. The molecule has 0 aliphatic carbocycles. The van der Waals surface area contributed by atoms with E-state index < -0.39 is 12.0 Å². The molecule has 1 saturated heterocycles. The number of fused-ring (bicyclic) bond motifs is 1. The van der Waals surface area contributed by atoms with Crippen LogP contribution in [0.4, 0.5) is 13.2 Å². The van der Waals surface area contributed by atoms with Gasteiger partial charge in [0.2, 0.25) is 5.82 Å². The number of alkyl halides is 3. The van der Waals surface area contributed by atoms with E-state index in [9.17, 15) is 13.2 Å². The number of piperidine rings is 1. The lowest BCUT2D eigenvalue weighted by molar-refractivity contribution is -0.148. The van der Waals surface area contributed by atoms with Gasteiger partial charge in [0.25, 0.3) is 0 Å². The number of hydrogen-bond acceptors (Lipinski definition) is 3. The van der Waals surface area contributed by atoms with Crippen LogP contribution in [0.15, 0.2) is 48.7 Å². The smallest absolute Gasteiger partial charge is 0.301 e. The Morgan fingerprint density at radius 1 is 1.08 bits per heavy atom. The highest BCUT2D eigenvalue weighted by Gasteiger charge is 2.40. The fourth-order valence-corrected chi connectivity index (χ4v) is 3.70. The number of rotatable bonds is 3. The molecule has 2 aromatic heterocycles. The van der Waals surface area contributed by atoms with Gasteiger partial charge in [-0.25, -0.2) is 9.97 Å². The summed E-state index contributed by atoms with van der Waals surface area (Å²) in [7, 11) is 0. The Morgan fingerprint density at radius 2 is 1.88 bits per heavy atom. The molecule has 26 heavy (non-hydrogen) atoms. The molecule has 0 spiro atoms. The maximum absolute atomic E-state index is 13.6. The SMILES string of the molecule is FC(F)(F)c1nc2cccnc2n1[C@@H]1CCCN(Cc2ccccc2)C1. The molecule has 3 aromatic rings. The molecule has 4 rings (SSSR count). The van der Waals surface area contributed by atoms with E-state index in [4.69, 9.17) is 0 Å². The molecule has 1 fully saturated rings. The molecule has 1 atom stereocenters. The van der Waals surface area contributed by atoms with Crippen LogP contribution in [0.3, 0.4) is 0 Å². The third-order valence-corrected chi connectivity index (χ3v) is 4.80. The fraction of sp³-hybridized carbons (Fsp3) is 0.368. The maximum atomic E-state index is 13.6. The summed E-state index contributed by atoms with van der Waals surface area (Å²) in [6.45, 7) is 2.17. The van der Waals surface area contributed by atoms with E-state index in [1.54, 1.807) is 12.1 Å². The first-order valence-electron chi connectivity index (χ1n) is 8.69. The fourth-order valence-electron chi connectivity index (χ4n) is 3.70. The number of benzene rings is 1. The quantitative estimate of drug-likeness (QED) is 0.699. The van der Waals surface area contributed by atoms with Gasteiger partial charge in [0, 0.05) is 25.3 Å². The van der Waals surface area contributed by atoms with Gasteiger partial charge in [0.1, 0.15) is 5.52 Å². The Kier molecular flexibility index (Phi) is 4.40. The van der Waals surface area contributed by atoms with Crippen molar-refractivity contribution in [3.8, 4) is 0 Å². The first kappa shape index (κ1) is 17.0. The van der Waals surface area contributed by atoms with Gasteiger partial charge < -0.3 is 4.57 Å². The summed E-state index contributed by atoms with van der Waals surface area (Å²) < 4.78 is 42.0. The van der Waals surface area contributed by atoms with E-state index in [1.165, 1.54) is 10.8 Å². The van der Waals surface area contributed by atoms with Crippen molar-refractivity contribution in [1.29, 1.82) is 0 Å². The van der Waals surface area contributed by atoms with Gasteiger partial charge in [0.05, 0.1) is 0 Å². The van der Waals surface area contributed by atoms with E-state index in [0.29, 0.717) is 24.1 Å². The zero-order valence-electron chi connectivity index (χ0n) is 14.2.